The van der Waals surface area contributed by atoms with Gasteiger partial charge in [-0.1, -0.05) is 39.0 Å². The van der Waals surface area contributed by atoms with Crippen molar-refractivity contribution in [2.45, 2.75) is 33.1 Å². The average Bonchev–Trinajstić information content (AvgIpc) is 2.41. The van der Waals surface area contributed by atoms with E-state index >= 15 is 0 Å². The van der Waals surface area contributed by atoms with E-state index in [4.69, 9.17) is 0 Å². The Labute approximate surface area is 148 Å². The van der Waals surface area contributed by atoms with E-state index in [1.807, 2.05) is 31.2 Å². The lowest BCUT2D eigenvalue weighted by atomic mass is 9.87. The van der Waals surface area contributed by atoms with Gasteiger partial charge in [0.2, 0.25) is 0 Å². The fraction of sp³-hybridized carbons (Fsp3) is 0.278. The summed E-state index contributed by atoms with van der Waals surface area (Å²) >= 11 is 7.13. The summed E-state index contributed by atoms with van der Waals surface area (Å²) in [6.07, 6.45) is 0. The number of anilines is 1. The van der Waals surface area contributed by atoms with Gasteiger partial charge in [0.05, 0.1) is 5.69 Å². The zero-order chi connectivity index (χ0) is 16.5. The molecule has 2 rings (SSSR count). The monoisotopic (exact) mass is 423 g/mol. The van der Waals surface area contributed by atoms with E-state index < -0.39 is 0 Å². The molecule has 0 aromatic heterocycles. The van der Waals surface area contributed by atoms with Crippen molar-refractivity contribution >= 4 is 43.5 Å². The van der Waals surface area contributed by atoms with Crippen LogP contribution in [0, 0.1) is 6.92 Å². The third-order valence-corrected chi connectivity index (χ3v) is 4.79. The third kappa shape index (κ3) is 3.79. The molecule has 1 amide bonds. The van der Waals surface area contributed by atoms with Crippen LogP contribution >= 0.6 is 31.9 Å². The lowest BCUT2D eigenvalue weighted by molar-refractivity contribution is 0.102. The van der Waals surface area contributed by atoms with Crippen molar-refractivity contribution in [3.05, 3.63) is 62.0 Å². The number of halogens is 2. The number of benzene rings is 2. The second kappa shape index (κ2) is 6.55. The first-order chi connectivity index (χ1) is 10.2. The minimum Gasteiger partial charge on any atom is -0.320 e. The summed E-state index contributed by atoms with van der Waals surface area (Å²) < 4.78 is 1.74. The summed E-state index contributed by atoms with van der Waals surface area (Å²) in [6.45, 7) is 8.41. The molecule has 2 aromatic carbocycles. The average molecular weight is 425 g/mol. The van der Waals surface area contributed by atoms with E-state index in [2.05, 4.69) is 70.1 Å². The summed E-state index contributed by atoms with van der Waals surface area (Å²) in [4.78, 5) is 12.5. The zero-order valence-electron chi connectivity index (χ0n) is 13.1. The van der Waals surface area contributed by atoms with Gasteiger partial charge in [0.1, 0.15) is 0 Å². The van der Waals surface area contributed by atoms with Crippen molar-refractivity contribution < 1.29 is 4.79 Å². The van der Waals surface area contributed by atoms with E-state index in [1.54, 1.807) is 0 Å². The van der Waals surface area contributed by atoms with Gasteiger partial charge < -0.3 is 5.32 Å². The molecule has 116 valence electrons. The lowest BCUT2D eigenvalue weighted by Gasteiger charge is -2.21. The van der Waals surface area contributed by atoms with E-state index in [9.17, 15) is 4.79 Å². The number of hydrogen-bond donors (Lipinski definition) is 1. The number of hydrogen-bond acceptors (Lipinski definition) is 1. The van der Waals surface area contributed by atoms with Gasteiger partial charge in [-0.25, -0.2) is 0 Å². The van der Waals surface area contributed by atoms with E-state index in [0.29, 0.717) is 5.56 Å². The maximum absolute atomic E-state index is 12.5. The maximum Gasteiger partial charge on any atom is 0.255 e. The van der Waals surface area contributed by atoms with E-state index in [-0.39, 0.29) is 11.3 Å². The highest BCUT2D eigenvalue weighted by molar-refractivity contribution is 9.11. The molecule has 0 saturated heterocycles. The fourth-order valence-electron chi connectivity index (χ4n) is 2.13. The predicted octanol–water partition coefficient (Wildman–Crippen LogP) is 6.07. The highest BCUT2D eigenvalue weighted by Gasteiger charge is 2.19. The summed E-state index contributed by atoms with van der Waals surface area (Å²) in [5.41, 5.74) is 3.63. The minimum absolute atomic E-state index is 0.0452. The van der Waals surface area contributed by atoms with Gasteiger partial charge in [-0.05, 0) is 73.5 Å². The molecular formula is C18H19Br2NO. The minimum atomic E-state index is -0.108. The van der Waals surface area contributed by atoms with Crippen molar-refractivity contribution in [3.8, 4) is 0 Å². The van der Waals surface area contributed by atoms with Gasteiger partial charge in [0.25, 0.3) is 5.91 Å². The quantitative estimate of drug-likeness (QED) is 0.622. The molecule has 2 aromatic rings. The van der Waals surface area contributed by atoms with Gasteiger partial charge >= 0.3 is 0 Å². The van der Waals surface area contributed by atoms with Crippen LogP contribution in [0.1, 0.15) is 42.3 Å². The van der Waals surface area contributed by atoms with E-state index in [1.165, 1.54) is 5.56 Å². The molecule has 22 heavy (non-hydrogen) atoms. The molecule has 0 fully saturated rings. The number of nitrogens with one attached hydrogen (secondary N) is 1. The summed E-state index contributed by atoms with van der Waals surface area (Å²) in [6, 6.07) is 11.7. The number of rotatable bonds is 2. The fourth-order valence-corrected chi connectivity index (χ4v) is 3.52. The first-order valence-electron chi connectivity index (χ1n) is 7.06. The van der Waals surface area contributed by atoms with Crippen molar-refractivity contribution in [2.24, 2.45) is 0 Å². The molecule has 2 nitrogen and oxygen atoms in total. The van der Waals surface area contributed by atoms with Crippen molar-refractivity contribution in [2.75, 3.05) is 5.32 Å². The van der Waals surface area contributed by atoms with Gasteiger partial charge in [0, 0.05) is 14.5 Å². The van der Waals surface area contributed by atoms with Crippen LogP contribution in [0.3, 0.4) is 0 Å². The SMILES string of the molecule is Cc1ccccc1C(=O)Nc1c(Br)cc(C(C)(C)C)cc1Br. The van der Waals surface area contributed by atoms with Crippen LogP contribution in [0.5, 0.6) is 0 Å². The van der Waals surface area contributed by atoms with Crippen molar-refractivity contribution in [3.63, 3.8) is 0 Å². The Morgan fingerprint density at radius 2 is 1.59 bits per heavy atom. The van der Waals surface area contributed by atoms with Gasteiger partial charge in [0.15, 0.2) is 0 Å². The van der Waals surface area contributed by atoms with Crippen LogP contribution in [-0.4, -0.2) is 5.91 Å². The molecule has 0 atom stereocenters. The summed E-state index contributed by atoms with van der Waals surface area (Å²) in [5.74, 6) is -0.108. The molecule has 0 aliphatic carbocycles. The Balaban J connectivity index is 2.35. The largest absolute Gasteiger partial charge is 0.320 e. The third-order valence-electron chi connectivity index (χ3n) is 3.54. The van der Waals surface area contributed by atoms with Crippen LogP contribution in [0.2, 0.25) is 0 Å². The number of amides is 1. The molecular weight excluding hydrogens is 406 g/mol. The Hall–Kier alpha value is -1.13. The predicted molar refractivity (Wildman–Crippen MR) is 99.7 cm³/mol. The van der Waals surface area contributed by atoms with Crippen LogP contribution in [0.25, 0.3) is 0 Å². The summed E-state index contributed by atoms with van der Waals surface area (Å²) in [7, 11) is 0. The number of carbonyl (C=O) groups excluding carboxylic acids is 1. The van der Waals surface area contributed by atoms with E-state index in [0.717, 1.165) is 20.2 Å². The molecule has 0 heterocycles. The Morgan fingerprint density at radius 3 is 2.09 bits per heavy atom. The van der Waals surface area contributed by atoms with Gasteiger partial charge in [-0.15, -0.1) is 0 Å². The maximum atomic E-state index is 12.5. The molecule has 0 bridgehead atoms. The molecule has 0 spiro atoms. The highest BCUT2D eigenvalue weighted by Crippen LogP contribution is 2.36. The van der Waals surface area contributed by atoms with Crippen molar-refractivity contribution in [1.82, 2.24) is 0 Å². The van der Waals surface area contributed by atoms with Crippen molar-refractivity contribution in [1.29, 1.82) is 0 Å². The molecule has 0 aliphatic heterocycles. The number of aryl methyl sites for hydroxylation is 1. The Morgan fingerprint density at radius 1 is 1.05 bits per heavy atom. The van der Waals surface area contributed by atoms with Crippen LogP contribution in [0.4, 0.5) is 5.69 Å². The second-order valence-electron chi connectivity index (χ2n) is 6.33. The zero-order valence-corrected chi connectivity index (χ0v) is 16.3. The Bertz CT molecular complexity index is 694. The first-order valence-corrected chi connectivity index (χ1v) is 8.65. The standard InChI is InChI=1S/C18H19Br2NO/c1-11-7-5-6-8-13(11)17(22)21-16-14(19)9-12(10-15(16)20)18(2,3)4/h5-10H,1-4H3,(H,21,22). The van der Waals surface area contributed by atoms with Gasteiger partial charge in [-0.2, -0.15) is 0 Å². The smallest absolute Gasteiger partial charge is 0.255 e. The molecule has 4 heteroatoms. The van der Waals surface area contributed by atoms with Crippen LogP contribution in [0.15, 0.2) is 45.3 Å². The van der Waals surface area contributed by atoms with Gasteiger partial charge in [-0.3, -0.25) is 4.79 Å². The normalized spacial score (nSPS) is 11.4. The first kappa shape index (κ1) is 17.2. The molecule has 0 radical (unpaired) electrons. The molecule has 0 aliphatic rings. The number of carbonyl (C=O) groups is 1. The lowest BCUT2D eigenvalue weighted by Crippen LogP contribution is -2.15. The summed E-state index contributed by atoms with van der Waals surface area (Å²) in [5, 5.41) is 2.98. The van der Waals surface area contributed by atoms with Crippen LogP contribution in [-0.2, 0) is 5.41 Å². The molecule has 0 unspecified atom stereocenters. The van der Waals surface area contributed by atoms with Crippen LogP contribution < -0.4 is 5.32 Å². The molecule has 0 saturated carbocycles. The second-order valence-corrected chi connectivity index (χ2v) is 8.04. The Kier molecular flexibility index (Phi) is 5.13. The highest BCUT2D eigenvalue weighted by atomic mass is 79.9. The topological polar surface area (TPSA) is 29.1 Å². The molecule has 1 N–H and O–H groups in total.